The number of rotatable bonds is 1. The molecule has 1 aliphatic heterocycles. The summed E-state index contributed by atoms with van der Waals surface area (Å²) < 4.78 is 0. The summed E-state index contributed by atoms with van der Waals surface area (Å²) in [5.41, 5.74) is 5.24. The molecule has 4 heteroatoms. The number of hydrogen-bond acceptors (Lipinski definition) is 2. The molecule has 4 nitrogen and oxygen atoms in total. The van der Waals surface area contributed by atoms with Crippen molar-refractivity contribution in [2.45, 2.75) is 32.1 Å². The molecule has 1 spiro atoms. The second kappa shape index (κ2) is 3.26. The summed E-state index contributed by atoms with van der Waals surface area (Å²) in [6, 6.07) is 0. The van der Waals surface area contributed by atoms with Gasteiger partial charge in [0.05, 0.1) is 0 Å². The highest BCUT2D eigenvalue weighted by atomic mass is 16.2. The van der Waals surface area contributed by atoms with Crippen molar-refractivity contribution >= 4 is 11.8 Å². The molecule has 0 aromatic heterocycles. The molecule has 2 atom stereocenters. The van der Waals surface area contributed by atoms with E-state index in [0.29, 0.717) is 13.0 Å². The van der Waals surface area contributed by atoms with E-state index < -0.39 is 0 Å². The molecule has 3 N–H and O–H groups in total. The summed E-state index contributed by atoms with van der Waals surface area (Å²) >= 11 is 0. The summed E-state index contributed by atoms with van der Waals surface area (Å²) in [6.45, 7) is 0.638. The molecule has 0 aromatic carbocycles. The van der Waals surface area contributed by atoms with Crippen molar-refractivity contribution in [3.63, 3.8) is 0 Å². The van der Waals surface area contributed by atoms with E-state index in [4.69, 9.17) is 5.73 Å². The molecular weight excluding hydrogens is 180 g/mol. The molecule has 0 radical (unpaired) electrons. The Morgan fingerprint density at radius 1 is 1.50 bits per heavy atom. The lowest BCUT2D eigenvalue weighted by atomic mass is 9.65. The summed E-state index contributed by atoms with van der Waals surface area (Å²) in [5, 5.41) is 2.82. The number of amides is 2. The van der Waals surface area contributed by atoms with Crippen LogP contribution in [-0.4, -0.2) is 18.4 Å². The van der Waals surface area contributed by atoms with Crippen molar-refractivity contribution in [2.24, 2.45) is 17.1 Å². The van der Waals surface area contributed by atoms with Crippen molar-refractivity contribution in [2.75, 3.05) is 6.54 Å². The molecule has 14 heavy (non-hydrogen) atoms. The van der Waals surface area contributed by atoms with Crippen LogP contribution in [-0.2, 0) is 9.59 Å². The highest BCUT2D eigenvalue weighted by Gasteiger charge is 2.48. The normalized spacial score (nSPS) is 37.1. The molecule has 78 valence electrons. The van der Waals surface area contributed by atoms with Crippen molar-refractivity contribution in [1.82, 2.24) is 5.32 Å². The Hall–Kier alpha value is -1.06. The number of primary amides is 1. The van der Waals surface area contributed by atoms with Gasteiger partial charge in [-0.3, -0.25) is 9.59 Å². The van der Waals surface area contributed by atoms with Gasteiger partial charge >= 0.3 is 0 Å². The van der Waals surface area contributed by atoms with Gasteiger partial charge < -0.3 is 11.1 Å². The Labute approximate surface area is 83.2 Å². The van der Waals surface area contributed by atoms with E-state index in [2.05, 4.69) is 5.32 Å². The first kappa shape index (κ1) is 9.49. The van der Waals surface area contributed by atoms with Gasteiger partial charge in [0.2, 0.25) is 11.8 Å². The van der Waals surface area contributed by atoms with Crippen LogP contribution in [0, 0.1) is 11.3 Å². The smallest absolute Gasteiger partial charge is 0.221 e. The molecule has 0 bridgehead atoms. The molecular formula is C10H16N2O2. The number of nitrogens with two attached hydrogens (primary N) is 1. The molecule has 2 amide bonds. The maximum atomic E-state index is 11.3. The van der Waals surface area contributed by atoms with E-state index in [1.54, 1.807) is 0 Å². The number of carbonyl (C=O) groups is 2. The van der Waals surface area contributed by atoms with Gasteiger partial charge in [-0.15, -0.1) is 0 Å². The summed E-state index contributed by atoms with van der Waals surface area (Å²) in [5.74, 6) is -0.269. The highest BCUT2D eigenvalue weighted by Crippen LogP contribution is 2.45. The zero-order valence-electron chi connectivity index (χ0n) is 8.21. The van der Waals surface area contributed by atoms with Crippen molar-refractivity contribution in [3.05, 3.63) is 0 Å². The van der Waals surface area contributed by atoms with Gasteiger partial charge in [-0.05, 0) is 12.8 Å². The first-order valence-corrected chi connectivity index (χ1v) is 5.20. The van der Waals surface area contributed by atoms with Gasteiger partial charge in [-0.1, -0.05) is 12.8 Å². The lowest BCUT2D eigenvalue weighted by molar-refractivity contribution is -0.128. The van der Waals surface area contributed by atoms with Crippen LogP contribution in [0.25, 0.3) is 0 Å². The Kier molecular flexibility index (Phi) is 2.21. The zero-order chi connectivity index (χ0) is 10.2. The van der Waals surface area contributed by atoms with Crippen LogP contribution in [0.5, 0.6) is 0 Å². The quantitative estimate of drug-likeness (QED) is 0.627. The van der Waals surface area contributed by atoms with Crippen LogP contribution in [0.15, 0.2) is 0 Å². The molecule has 1 saturated carbocycles. The van der Waals surface area contributed by atoms with Crippen LogP contribution in [0.4, 0.5) is 0 Å². The van der Waals surface area contributed by atoms with Gasteiger partial charge in [0.1, 0.15) is 0 Å². The molecule has 2 unspecified atom stereocenters. The Bertz CT molecular complexity index is 277. The predicted molar refractivity (Wildman–Crippen MR) is 51.2 cm³/mol. The standard InChI is InChI=1S/C10H16N2O2/c11-9(14)7-3-1-2-4-10(7)5-8(13)12-6-10/h7H,1-6H2,(H2,11,14)(H,12,13). The van der Waals surface area contributed by atoms with Crippen LogP contribution < -0.4 is 11.1 Å². The molecule has 2 rings (SSSR count). The Morgan fingerprint density at radius 3 is 2.86 bits per heavy atom. The van der Waals surface area contributed by atoms with Crippen LogP contribution in [0.1, 0.15) is 32.1 Å². The Morgan fingerprint density at radius 2 is 2.29 bits per heavy atom. The molecule has 2 fully saturated rings. The minimum atomic E-state index is -0.235. The zero-order valence-corrected chi connectivity index (χ0v) is 8.21. The van der Waals surface area contributed by atoms with Crippen LogP contribution in [0.3, 0.4) is 0 Å². The third-order valence-corrected chi connectivity index (χ3v) is 3.65. The monoisotopic (exact) mass is 196 g/mol. The van der Waals surface area contributed by atoms with Gasteiger partial charge in [0, 0.05) is 24.3 Å². The topological polar surface area (TPSA) is 72.2 Å². The fraction of sp³-hybridized carbons (Fsp3) is 0.800. The van der Waals surface area contributed by atoms with Gasteiger partial charge in [0.25, 0.3) is 0 Å². The van der Waals surface area contributed by atoms with Gasteiger partial charge in [0.15, 0.2) is 0 Å². The fourth-order valence-electron chi connectivity index (χ4n) is 2.89. The number of nitrogens with one attached hydrogen (secondary N) is 1. The minimum Gasteiger partial charge on any atom is -0.369 e. The highest BCUT2D eigenvalue weighted by molar-refractivity contribution is 5.83. The second-order valence-electron chi connectivity index (χ2n) is 4.52. The summed E-state index contributed by atoms with van der Waals surface area (Å²) in [4.78, 5) is 22.5. The molecule has 2 aliphatic rings. The average Bonchev–Trinajstić information content (AvgIpc) is 2.48. The van der Waals surface area contributed by atoms with E-state index in [1.165, 1.54) is 0 Å². The Balaban J connectivity index is 2.21. The van der Waals surface area contributed by atoms with Gasteiger partial charge in [-0.25, -0.2) is 0 Å². The number of hydrogen-bond donors (Lipinski definition) is 2. The summed E-state index contributed by atoms with van der Waals surface area (Å²) in [6.07, 6.45) is 4.46. The number of carbonyl (C=O) groups excluding carboxylic acids is 2. The van der Waals surface area contributed by atoms with Crippen molar-refractivity contribution in [3.8, 4) is 0 Å². The lowest BCUT2D eigenvalue weighted by Gasteiger charge is -2.38. The second-order valence-corrected chi connectivity index (χ2v) is 4.52. The van der Waals surface area contributed by atoms with Crippen molar-refractivity contribution in [1.29, 1.82) is 0 Å². The molecule has 1 aliphatic carbocycles. The largest absolute Gasteiger partial charge is 0.369 e. The average molecular weight is 196 g/mol. The first-order chi connectivity index (χ1) is 6.64. The molecule has 1 heterocycles. The molecule has 1 saturated heterocycles. The SMILES string of the molecule is NC(=O)C1CCCCC12CNC(=O)C2. The van der Waals surface area contributed by atoms with Crippen LogP contribution in [0.2, 0.25) is 0 Å². The molecule has 0 aromatic rings. The van der Waals surface area contributed by atoms with E-state index in [1.807, 2.05) is 0 Å². The van der Waals surface area contributed by atoms with E-state index in [-0.39, 0.29) is 23.1 Å². The third-order valence-electron chi connectivity index (χ3n) is 3.65. The van der Waals surface area contributed by atoms with E-state index >= 15 is 0 Å². The van der Waals surface area contributed by atoms with E-state index in [0.717, 1.165) is 25.7 Å². The predicted octanol–water partition coefficient (Wildman–Crippen LogP) is 0.168. The maximum Gasteiger partial charge on any atom is 0.221 e. The third kappa shape index (κ3) is 1.38. The van der Waals surface area contributed by atoms with E-state index in [9.17, 15) is 9.59 Å². The van der Waals surface area contributed by atoms with Crippen molar-refractivity contribution < 1.29 is 9.59 Å². The minimum absolute atomic E-state index is 0.0677. The first-order valence-electron chi connectivity index (χ1n) is 5.20. The maximum absolute atomic E-state index is 11.3. The van der Waals surface area contributed by atoms with Crippen LogP contribution >= 0.6 is 0 Å². The van der Waals surface area contributed by atoms with Gasteiger partial charge in [-0.2, -0.15) is 0 Å². The summed E-state index contributed by atoms with van der Waals surface area (Å²) in [7, 11) is 0. The fourth-order valence-corrected chi connectivity index (χ4v) is 2.89. The lowest BCUT2D eigenvalue weighted by Crippen LogP contribution is -2.43.